The molecule has 2 heterocycles. The number of aromatic nitrogens is 1. The second-order valence-corrected chi connectivity index (χ2v) is 14.8. The van der Waals surface area contributed by atoms with Crippen molar-refractivity contribution < 1.29 is 28.7 Å². The Morgan fingerprint density at radius 2 is 1.71 bits per heavy atom. The van der Waals surface area contributed by atoms with Crippen LogP contribution >= 0.6 is 11.3 Å². The van der Waals surface area contributed by atoms with Gasteiger partial charge in [0.15, 0.2) is 16.6 Å². The molecule has 11 heteroatoms. The monoisotopic (exact) mass is 682 g/mol. The molecule has 48 heavy (non-hydrogen) atoms. The fraction of sp³-hybridized carbons (Fsp3) is 0.622. The lowest BCUT2D eigenvalue weighted by molar-refractivity contribution is -0.145. The number of piperidine rings is 1. The third-order valence-corrected chi connectivity index (χ3v) is 10.5. The number of carbonyl (C=O) groups excluding carboxylic acids is 5. The maximum Gasteiger partial charge on any atom is 0.308 e. The summed E-state index contributed by atoms with van der Waals surface area (Å²) in [6, 6.07) is 8.77. The first-order chi connectivity index (χ1) is 22.7. The second kappa shape index (κ2) is 18.4. The van der Waals surface area contributed by atoms with E-state index in [1.807, 2.05) is 65.1 Å². The quantitative estimate of drug-likeness (QED) is 0.172. The van der Waals surface area contributed by atoms with Crippen molar-refractivity contribution >= 4 is 40.7 Å². The summed E-state index contributed by atoms with van der Waals surface area (Å²) in [6.45, 7) is 10.5. The molecular weight excluding hydrogens is 628 g/mol. The highest BCUT2D eigenvalue weighted by atomic mass is 32.1. The van der Waals surface area contributed by atoms with Gasteiger partial charge in [0, 0.05) is 43.3 Å². The molecule has 1 N–H and O–H groups in total. The number of benzene rings is 1. The molecule has 0 bridgehead atoms. The largest absolute Gasteiger partial charge is 0.469 e. The molecule has 0 radical (unpaired) electrons. The van der Waals surface area contributed by atoms with E-state index in [0.29, 0.717) is 12.8 Å². The maximum atomic E-state index is 13.9. The summed E-state index contributed by atoms with van der Waals surface area (Å²) < 4.78 is 4.89. The van der Waals surface area contributed by atoms with Crippen LogP contribution in [0.25, 0.3) is 0 Å². The van der Waals surface area contributed by atoms with Crippen molar-refractivity contribution in [2.24, 2.45) is 23.7 Å². The predicted molar refractivity (Wildman–Crippen MR) is 188 cm³/mol. The molecule has 2 aromatic rings. The summed E-state index contributed by atoms with van der Waals surface area (Å²) in [5.41, 5.74) is 1.14. The first kappa shape index (κ1) is 39.0. The number of amides is 2. The van der Waals surface area contributed by atoms with E-state index < -0.39 is 23.8 Å². The number of methoxy groups -OCH3 is 1. The Bertz CT molecular complexity index is 1390. The SMILES string of the molecule is COC(=O)[C@@H](C)C[C@H](Cc1ccccc1)NC(=O)c1csc(C(=O)C[C@H](C(C)C)N(C)C(=O)[C@@H](CC(=O)[C@H]2CCCCN2C)C(C)C)n1. The van der Waals surface area contributed by atoms with E-state index in [4.69, 9.17) is 4.74 Å². The van der Waals surface area contributed by atoms with Gasteiger partial charge in [0.1, 0.15) is 5.69 Å². The van der Waals surface area contributed by atoms with Gasteiger partial charge in [0.25, 0.3) is 5.91 Å². The molecule has 1 fully saturated rings. The number of hydrogen-bond acceptors (Lipinski definition) is 9. The van der Waals surface area contributed by atoms with Crippen LogP contribution in [0.4, 0.5) is 0 Å². The van der Waals surface area contributed by atoms with E-state index in [2.05, 4.69) is 15.2 Å². The van der Waals surface area contributed by atoms with Crippen molar-refractivity contribution in [2.45, 2.75) is 97.7 Å². The summed E-state index contributed by atoms with van der Waals surface area (Å²) >= 11 is 1.10. The van der Waals surface area contributed by atoms with Crippen molar-refractivity contribution in [3.05, 3.63) is 52.0 Å². The van der Waals surface area contributed by atoms with Gasteiger partial charge in [-0.3, -0.25) is 28.9 Å². The number of rotatable bonds is 17. The van der Waals surface area contributed by atoms with E-state index in [1.165, 1.54) is 7.11 Å². The molecule has 1 saturated heterocycles. The molecule has 264 valence electrons. The van der Waals surface area contributed by atoms with Gasteiger partial charge >= 0.3 is 5.97 Å². The number of esters is 1. The van der Waals surface area contributed by atoms with Gasteiger partial charge in [0.05, 0.1) is 19.1 Å². The zero-order valence-electron chi connectivity index (χ0n) is 29.9. The Morgan fingerprint density at radius 3 is 2.31 bits per heavy atom. The van der Waals surface area contributed by atoms with Crippen LogP contribution in [0.2, 0.25) is 0 Å². The summed E-state index contributed by atoms with van der Waals surface area (Å²) in [6.07, 6.45) is 4.04. The van der Waals surface area contributed by atoms with Crippen LogP contribution in [0.15, 0.2) is 35.7 Å². The molecular formula is C37H54N4O6S. The number of nitrogens with one attached hydrogen (secondary N) is 1. The summed E-state index contributed by atoms with van der Waals surface area (Å²) in [5, 5.41) is 4.77. The highest BCUT2D eigenvalue weighted by Crippen LogP contribution is 2.27. The first-order valence-corrected chi connectivity index (χ1v) is 18.0. The van der Waals surface area contributed by atoms with E-state index in [1.54, 1.807) is 24.3 Å². The Hall–Kier alpha value is -3.44. The number of nitrogens with zero attached hydrogens (tertiary/aromatic N) is 3. The van der Waals surface area contributed by atoms with E-state index in [0.717, 1.165) is 42.7 Å². The van der Waals surface area contributed by atoms with Crippen molar-refractivity contribution in [1.82, 2.24) is 20.1 Å². The van der Waals surface area contributed by atoms with Crippen LogP contribution in [-0.2, 0) is 25.5 Å². The molecule has 10 nitrogen and oxygen atoms in total. The molecule has 0 unspecified atom stereocenters. The number of hydrogen-bond donors (Lipinski definition) is 1. The minimum absolute atomic E-state index is 0.0332. The summed E-state index contributed by atoms with van der Waals surface area (Å²) in [4.78, 5) is 74.3. The molecule has 1 aromatic heterocycles. The van der Waals surface area contributed by atoms with Crippen LogP contribution in [0.5, 0.6) is 0 Å². The molecule has 1 aliphatic heterocycles. The Morgan fingerprint density at radius 1 is 1.02 bits per heavy atom. The lowest BCUT2D eigenvalue weighted by Gasteiger charge is -2.36. The van der Waals surface area contributed by atoms with E-state index in [9.17, 15) is 24.0 Å². The van der Waals surface area contributed by atoms with Gasteiger partial charge in [-0.25, -0.2) is 4.98 Å². The molecule has 1 aromatic carbocycles. The third-order valence-electron chi connectivity index (χ3n) is 9.57. The Balaban J connectivity index is 1.69. The molecule has 0 saturated carbocycles. The minimum atomic E-state index is -0.477. The number of ether oxygens (including phenoxy) is 1. The topological polar surface area (TPSA) is 126 Å². The number of carbonyl (C=O) groups is 5. The lowest BCUT2D eigenvalue weighted by Crippen LogP contribution is -2.48. The molecule has 5 atom stereocenters. The number of Topliss-reactive ketones (excluding diaryl/α,β-unsaturated/α-hetero) is 2. The van der Waals surface area contributed by atoms with Gasteiger partial charge in [-0.2, -0.15) is 0 Å². The highest BCUT2D eigenvalue weighted by Gasteiger charge is 2.36. The van der Waals surface area contributed by atoms with Gasteiger partial charge in [-0.15, -0.1) is 11.3 Å². The van der Waals surface area contributed by atoms with Crippen LogP contribution in [-0.4, -0.2) is 90.0 Å². The second-order valence-electron chi connectivity index (χ2n) is 14.0. The number of thiazole rings is 1. The van der Waals surface area contributed by atoms with E-state index in [-0.39, 0.29) is 70.9 Å². The van der Waals surface area contributed by atoms with E-state index >= 15 is 0 Å². The predicted octanol–water partition coefficient (Wildman–Crippen LogP) is 5.45. The third kappa shape index (κ3) is 10.8. The van der Waals surface area contributed by atoms with Crippen LogP contribution in [0.3, 0.4) is 0 Å². The normalized spacial score (nSPS) is 17.8. The van der Waals surface area contributed by atoms with Gasteiger partial charge in [-0.1, -0.05) is 71.4 Å². The van der Waals surface area contributed by atoms with Crippen LogP contribution < -0.4 is 5.32 Å². The lowest BCUT2D eigenvalue weighted by atomic mass is 9.85. The number of likely N-dealkylation sites (tertiary alicyclic amines) is 1. The number of likely N-dealkylation sites (N-methyl/N-ethyl adjacent to an activating group) is 1. The average Bonchev–Trinajstić information content (AvgIpc) is 3.56. The Kier molecular flexibility index (Phi) is 14.9. The minimum Gasteiger partial charge on any atom is -0.469 e. The molecule has 1 aliphatic rings. The summed E-state index contributed by atoms with van der Waals surface area (Å²) in [7, 11) is 5.04. The van der Waals surface area contributed by atoms with Gasteiger partial charge < -0.3 is 15.0 Å². The fourth-order valence-electron chi connectivity index (χ4n) is 6.55. The van der Waals surface area contributed by atoms with Crippen molar-refractivity contribution in [3.8, 4) is 0 Å². The summed E-state index contributed by atoms with van der Waals surface area (Å²) in [5.74, 6) is -2.03. The zero-order chi connectivity index (χ0) is 35.5. The first-order valence-electron chi connectivity index (χ1n) is 17.1. The smallest absolute Gasteiger partial charge is 0.308 e. The average molecular weight is 683 g/mol. The van der Waals surface area contributed by atoms with Crippen molar-refractivity contribution in [2.75, 3.05) is 27.7 Å². The van der Waals surface area contributed by atoms with Crippen LogP contribution in [0, 0.1) is 23.7 Å². The van der Waals surface area contributed by atoms with Gasteiger partial charge in [-0.05, 0) is 56.7 Å². The fourth-order valence-corrected chi connectivity index (χ4v) is 7.30. The van der Waals surface area contributed by atoms with Gasteiger partial charge in [0.2, 0.25) is 5.91 Å². The highest BCUT2D eigenvalue weighted by molar-refractivity contribution is 7.11. The molecule has 0 aliphatic carbocycles. The zero-order valence-corrected chi connectivity index (χ0v) is 30.7. The standard InChI is InChI=1S/C37H54N4O6S/c1-23(2)28(20-32(42)30-16-12-13-17-40(30)6)36(45)41(7)31(24(3)4)21-33(43)35-39-29(22-48-35)34(44)38-27(18-25(5)37(46)47-8)19-26-14-10-9-11-15-26/h9-11,14-15,22-25,27-28,30-31H,12-13,16-21H2,1-8H3,(H,38,44)/t25-,27+,28-,30+,31+/m0/s1. The van der Waals surface area contributed by atoms with Crippen molar-refractivity contribution in [3.63, 3.8) is 0 Å². The number of ketones is 2. The Labute approximate surface area is 290 Å². The molecule has 0 spiro atoms. The molecule has 3 rings (SSSR count). The molecule has 2 amide bonds. The maximum absolute atomic E-state index is 13.9. The van der Waals surface area contributed by atoms with Crippen molar-refractivity contribution in [1.29, 1.82) is 0 Å². The van der Waals surface area contributed by atoms with Crippen LogP contribution in [0.1, 0.15) is 99.0 Å².